The van der Waals surface area contributed by atoms with Gasteiger partial charge < -0.3 is 0 Å². The minimum atomic E-state index is 0.559. The minimum Gasteiger partial charge on any atom is -0.278 e. The molecule has 0 saturated carbocycles. The third-order valence-corrected chi connectivity index (χ3v) is 4.35. The summed E-state index contributed by atoms with van der Waals surface area (Å²) in [5.74, 6) is 0.938. The van der Waals surface area contributed by atoms with Crippen LogP contribution in [0.4, 0.5) is 0 Å². The van der Waals surface area contributed by atoms with Crippen molar-refractivity contribution >= 4 is 35.1 Å². The van der Waals surface area contributed by atoms with Crippen LogP contribution in [0.5, 0.6) is 0 Å². The van der Waals surface area contributed by atoms with Crippen LogP contribution in [0, 0.1) is 11.3 Å². The SMILES string of the molecule is C=N/C(C)=C(/Cc1ccc(C#N)cc1Cl)C(=NCC)SCC. The first-order valence-electron chi connectivity index (χ1n) is 7.09. The van der Waals surface area contributed by atoms with Crippen molar-refractivity contribution in [1.29, 1.82) is 5.26 Å². The van der Waals surface area contributed by atoms with E-state index in [2.05, 4.69) is 29.7 Å². The number of thioether (sulfide) groups is 1. The maximum absolute atomic E-state index is 8.93. The molecule has 1 aromatic rings. The van der Waals surface area contributed by atoms with Gasteiger partial charge in [0.2, 0.25) is 0 Å². The lowest BCUT2D eigenvalue weighted by molar-refractivity contribution is 1.10. The highest BCUT2D eigenvalue weighted by Crippen LogP contribution is 2.26. The number of nitrogens with zero attached hydrogens (tertiary/aromatic N) is 3. The molecule has 0 N–H and O–H groups in total. The van der Waals surface area contributed by atoms with Crippen molar-refractivity contribution in [1.82, 2.24) is 0 Å². The van der Waals surface area contributed by atoms with Crippen molar-refractivity contribution in [2.75, 3.05) is 12.3 Å². The number of benzene rings is 1. The fourth-order valence-corrected chi connectivity index (χ4v) is 3.05. The lowest BCUT2D eigenvalue weighted by Crippen LogP contribution is -2.06. The number of allylic oxidation sites excluding steroid dienone is 1. The van der Waals surface area contributed by atoms with Crippen LogP contribution in [-0.2, 0) is 6.42 Å². The van der Waals surface area contributed by atoms with E-state index in [1.54, 1.807) is 23.9 Å². The molecule has 0 fully saturated rings. The molecule has 5 heteroatoms. The molecule has 0 aromatic heterocycles. The predicted octanol–water partition coefficient (Wildman–Crippen LogP) is 4.90. The largest absolute Gasteiger partial charge is 0.278 e. The zero-order valence-corrected chi connectivity index (χ0v) is 14.8. The summed E-state index contributed by atoms with van der Waals surface area (Å²) in [6.45, 7) is 10.4. The molecule has 22 heavy (non-hydrogen) atoms. The number of rotatable bonds is 6. The van der Waals surface area contributed by atoms with Crippen molar-refractivity contribution in [2.45, 2.75) is 27.2 Å². The molecule has 0 atom stereocenters. The Bertz CT molecular complexity index is 642. The molecule has 0 heterocycles. The van der Waals surface area contributed by atoms with Crippen molar-refractivity contribution in [3.63, 3.8) is 0 Å². The first-order valence-corrected chi connectivity index (χ1v) is 8.46. The monoisotopic (exact) mass is 333 g/mol. The topological polar surface area (TPSA) is 48.5 Å². The van der Waals surface area contributed by atoms with Crippen LogP contribution < -0.4 is 0 Å². The average molecular weight is 334 g/mol. The summed E-state index contributed by atoms with van der Waals surface area (Å²) in [5, 5.41) is 10.5. The second-order valence-electron chi connectivity index (χ2n) is 4.53. The summed E-state index contributed by atoms with van der Waals surface area (Å²) >= 11 is 7.99. The predicted molar refractivity (Wildman–Crippen MR) is 98.2 cm³/mol. The van der Waals surface area contributed by atoms with Gasteiger partial charge in [0.15, 0.2) is 0 Å². The molecule has 0 aliphatic carbocycles. The molecule has 0 radical (unpaired) electrons. The fraction of sp³-hybridized carbons (Fsp3) is 0.353. The molecule has 1 aromatic carbocycles. The normalized spacial score (nSPS) is 12.6. The number of nitriles is 1. The van der Waals surface area contributed by atoms with Crippen LogP contribution in [0.2, 0.25) is 5.02 Å². The third-order valence-electron chi connectivity index (χ3n) is 3.06. The van der Waals surface area contributed by atoms with Crippen molar-refractivity contribution in [2.24, 2.45) is 9.98 Å². The van der Waals surface area contributed by atoms with E-state index < -0.39 is 0 Å². The van der Waals surface area contributed by atoms with Crippen molar-refractivity contribution in [3.05, 3.63) is 45.6 Å². The summed E-state index contributed by atoms with van der Waals surface area (Å²) in [4.78, 5) is 8.66. The van der Waals surface area contributed by atoms with Gasteiger partial charge in [-0.1, -0.05) is 24.6 Å². The van der Waals surface area contributed by atoms with Crippen LogP contribution in [-0.4, -0.2) is 24.1 Å². The summed E-state index contributed by atoms with van der Waals surface area (Å²) in [5.41, 5.74) is 3.41. The summed E-state index contributed by atoms with van der Waals surface area (Å²) in [6, 6.07) is 7.45. The van der Waals surface area contributed by atoms with Crippen LogP contribution in [0.1, 0.15) is 31.9 Å². The molecule has 0 aliphatic heterocycles. The molecule has 0 amide bonds. The van der Waals surface area contributed by atoms with E-state index in [4.69, 9.17) is 16.9 Å². The van der Waals surface area contributed by atoms with E-state index in [9.17, 15) is 0 Å². The van der Waals surface area contributed by atoms with Gasteiger partial charge in [0.05, 0.1) is 16.7 Å². The standard InChI is InChI=1S/C17H20ClN3S/c1-5-21-17(22-6-2)15(12(3)20-4)10-14-8-7-13(11-19)9-16(14)18/h7-9H,4-6,10H2,1-3H3/b15-12-,21-17?. The van der Waals surface area contributed by atoms with Gasteiger partial charge in [0.1, 0.15) is 0 Å². The van der Waals surface area contributed by atoms with Gasteiger partial charge in [-0.2, -0.15) is 5.26 Å². The Morgan fingerprint density at radius 1 is 1.41 bits per heavy atom. The molecule has 0 saturated heterocycles. The number of hydrogen-bond acceptors (Lipinski definition) is 4. The smallest absolute Gasteiger partial charge is 0.0992 e. The molecule has 0 unspecified atom stereocenters. The van der Waals surface area contributed by atoms with Crippen LogP contribution in [0.15, 0.2) is 39.5 Å². The van der Waals surface area contributed by atoms with E-state index in [0.717, 1.165) is 34.2 Å². The summed E-state index contributed by atoms with van der Waals surface area (Å²) in [7, 11) is 0. The molecule has 1 rings (SSSR count). The second-order valence-corrected chi connectivity index (χ2v) is 6.19. The summed E-state index contributed by atoms with van der Waals surface area (Å²) in [6.07, 6.45) is 0.626. The molecule has 0 spiro atoms. The van der Waals surface area contributed by atoms with Gasteiger partial charge in [-0.05, 0) is 44.0 Å². The van der Waals surface area contributed by atoms with Crippen LogP contribution in [0.25, 0.3) is 0 Å². The second kappa shape index (κ2) is 9.45. The fourth-order valence-electron chi connectivity index (χ4n) is 1.91. The van der Waals surface area contributed by atoms with Crippen molar-refractivity contribution < 1.29 is 0 Å². The Morgan fingerprint density at radius 3 is 2.64 bits per heavy atom. The first kappa shape index (κ1) is 18.5. The van der Waals surface area contributed by atoms with Gasteiger partial charge >= 0.3 is 0 Å². The molecular weight excluding hydrogens is 314 g/mol. The Labute approximate surface area is 141 Å². The number of halogens is 1. The van der Waals surface area contributed by atoms with Gasteiger partial charge in [-0.3, -0.25) is 9.98 Å². The number of hydrogen-bond donors (Lipinski definition) is 0. The molecule has 0 aliphatic rings. The quantitative estimate of drug-likeness (QED) is 0.549. The summed E-state index contributed by atoms with van der Waals surface area (Å²) < 4.78 is 0. The maximum Gasteiger partial charge on any atom is 0.0992 e. The van der Waals surface area contributed by atoms with E-state index >= 15 is 0 Å². The highest BCUT2D eigenvalue weighted by atomic mass is 35.5. The Hall–Kier alpha value is -1.57. The van der Waals surface area contributed by atoms with Gasteiger partial charge in [-0.25, -0.2) is 0 Å². The third kappa shape index (κ3) is 5.01. The Morgan fingerprint density at radius 2 is 2.14 bits per heavy atom. The van der Waals surface area contributed by atoms with Gasteiger partial charge in [0, 0.05) is 29.3 Å². The van der Waals surface area contributed by atoms with Crippen LogP contribution >= 0.6 is 23.4 Å². The average Bonchev–Trinajstić information content (AvgIpc) is 2.52. The van der Waals surface area contributed by atoms with E-state index in [-0.39, 0.29) is 0 Å². The zero-order chi connectivity index (χ0) is 16.5. The zero-order valence-electron chi connectivity index (χ0n) is 13.2. The lowest BCUT2D eigenvalue weighted by Gasteiger charge is -2.13. The molecule has 0 bridgehead atoms. The highest BCUT2D eigenvalue weighted by Gasteiger charge is 2.14. The van der Waals surface area contributed by atoms with E-state index in [1.807, 2.05) is 19.9 Å². The maximum atomic E-state index is 8.93. The molecular formula is C17H20ClN3S. The van der Waals surface area contributed by atoms with E-state index in [0.29, 0.717) is 17.0 Å². The number of aliphatic imine (C=N–C) groups is 2. The van der Waals surface area contributed by atoms with E-state index in [1.165, 1.54) is 0 Å². The Balaban J connectivity index is 3.24. The molecule has 116 valence electrons. The lowest BCUT2D eigenvalue weighted by atomic mass is 10.0. The van der Waals surface area contributed by atoms with Crippen molar-refractivity contribution in [3.8, 4) is 6.07 Å². The first-order chi connectivity index (χ1) is 10.6. The highest BCUT2D eigenvalue weighted by molar-refractivity contribution is 8.14. The van der Waals surface area contributed by atoms with Gasteiger partial charge in [0.25, 0.3) is 0 Å². The minimum absolute atomic E-state index is 0.559. The van der Waals surface area contributed by atoms with Crippen LogP contribution in [0.3, 0.4) is 0 Å². The van der Waals surface area contributed by atoms with Gasteiger partial charge in [-0.15, -0.1) is 11.8 Å². The molecule has 3 nitrogen and oxygen atoms in total. The Kier molecular flexibility index (Phi) is 7.94.